The van der Waals surface area contributed by atoms with Crippen LogP contribution in [-0.2, 0) is 3.79 Å². The fraction of sp³-hybridized carbons (Fsp3) is 0.222. The normalized spacial score (nSPS) is 17.2. The quantitative estimate of drug-likeness (QED) is 0.378. The van der Waals surface area contributed by atoms with Crippen molar-refractivity contribution in [3.05, 3.63) is 59.7 Å². The maximum Gasteiger partial charge on any atom is 0.216 e. The van der Waals surface area contributed by atoms with Crippen LogP contribution in [0.25, 0.3) is 0 Å². The van der Waals surface area contributed by atoms with Gasteiger partial charge in [0.1, 0.15) is 0 Å². The van der Waals surface area contributed by atoms with Gasteiger partial charge in [0.2, 0.25) is 3.79 Å². The van der Waals surface area contributed by atoms with Crippen molar-refractivity contribution in [2.45, 2.75) is 15.6 Å². The van der Waals surface area contributed by atoms with Crippen LogP contribution in [0, 0.1) is 0 Å². The maximum absolute atomic E-state index is 12.6. The van der Waals surface area contributed by atoms with E-state index in [4.69, 9.17) is 34.8 Å². The van der Waals surface area contributed by atoms with Gasteiger partial charge in [-0.15, -0.1) is 10.5 Å². The number of benzene rings is 2. The molecule has 0 spiro atoms. The van der Waals surface area contributed by atoms with Crippen LogP contribution in [0.2, 0.25) is 0 Å². The zero-order chi connectivity index (χ0) is 17.3. The summed E-state index contributed by atoms with van der Waals surface area (Å²) in [5, 5.41) is 1.82. The predicted molar refractivity (Wildman–Crippen MR) is 106 cm³/mol. The van der Waals surface area contributed by atoms with Gasteiger partial charge in [-0.1, -0.05) is 71.2 Å². The first-order chi connectivity index (χ1) is 11.4. The Kier molecular flexibility index (Phi) is 5.26. The van der Waals surface area contributed by atoms with Gasteiger partial charge in [0.15, 0.2) is 5.78 Å². The van der Waals surface area contributed by atoms with Gasteiger partial charge in [-0.25, -0.2) is 0 Å². The Morgan fingerprint density at radius 1 is 1.17 bits per heavy atom. The van der Waals surface area contributed by atoms with Crippen LogP contribution in [0.1, 0.15) is 22.8 Å². The highest BCUT2D eigenvalue weighted by Crippen LogP contribution is 2.43. The number of carbonyl (C=O) groups excluding carboxylic acids is 1. The lowest BCUT2D eigenvalue weighted by atomic mass is 10.1. The molecule has 6 heteroatoms. The molecule has 0 aromatic heterocycles. The van der Waals surface area contributed by atoms with Crippen molar-refractivity contribution in [1.29, 1.82) is 0 Å². The molecule has 0 fully saturated rings. The number of anilines is 1. The maximum atomic E-state index is 12.6. The molecule has 0 bridgehead atoms. The van der Waals surface area contributed by atoms with Crippen LogP contribution < -0.4 is 4.90 Å². The zero-order valence-corrected chi connectivity index (χ0v) is 16.1. The van der Waals surface area contributed by atoms with Gasteiger partial charge in [-0.2, -0.15) is 0 Å². The Hall–Kier alpha value is -1.00. The summed E-state index contributed by atoms with van der Waals surface area (Å²) in [6.45, 7) is 3.06. The Balaban J connectivity index is 1.88. The van der Waals surface area contributed by atoms with Crippen LogP contribution in [0.4, 0.5) is 5.69 Å². The van der Waals surface area contributed by atoms with E-state index in [-0.39, 0.29) is 16.3 Å². The van der Waals surface area contributed by atoms with Crippen molar-refractivity contribution in [3.8, 4) is 0 Å². The van der Waals surface area contributed by atoms with E-state index in [0.29, 0.717) is 11.1 Å². The van der Waals surface area contributed by atoms with Crippen molar-refractivity contribution in [1.82, 2.24) is 0 Å². The van der Waals surface area contributed by atoms with Gasteiger partial charge in [0.25, 0.3) is 0 Å². The molecule has 0 radical (unpaired) electrons. The van der Waals surface area contributed by atoms with Gasteiger partial charge >= 0.3 is 0 Å². The Bertz CT molecular complexity index is 797. The molecule has 0 amide bonds. The molecular formula is C18H16Cl3NOS. The largest absolute Gasteiger partial charge is 0.362 e. The van der Waals surface area contributed by atoms with Gasteiger partial charge < -0.3 is 4.90 Å². The summed E-state index contributed by atoms with van der Waals surface area (Å²) in [7, 11) is -0.212. The summed E-state index contributed by atoms with van der Waals surface area (Å²) in [5.41, 5.74) is 2.38. The van der Waals surface area contributed by atoms with Gasteiger partial charge in [0, 0.05) is 27.9 Å². The molecule has 1 atom stereocenters. The van der Waals surface area contributed by atoms with Crippen molar-refractivity contribution in [3.63, 3.8) is 0 Å². The number of para-hydroxylation sites is 1. The molecular weight excluding hydrogens is 385 g/mol. The van der Waals surface area contributed by atoms with E-state index < -0.39 is 3.79 Å². The molecule has 126 valence electrons. The lowest BCUT2D eigenvalue weighted by Crippen LogP contribution is -2.18. The minimum absolute atomic E-state index is 0.00181. The smallest absolute Gasteiger partial charge is 0.216 e. The fourth-order valence-electron chi connectivity index (χ4n) is 2.63. The van der Waals surface area contributed by atoms with Crippen LogP contribution in [0.5, 0.6) is 0 Å². The SMILES string of the molecule is CCN1CS(=CC(=O)c2ccc(C(Cl)(Cl)Cl)cc2)c2ccccc21. The molecule has 1 heterocycles. The number of hydrogen-bond acceptors (Lipinski definition) is 2. The summed E-state index contributed by atoms with van der Waals surface area (Å²) < 4.78 is -1.47. The van der Waals surface area contributed by atoms with Crippen LogP contribution in [0.15, 0.2) is 53.4 Å². The molecule has 3 rings (SSSR count). The number of Topliss-reactive ketones (excluding diaryl/α,β-unsaturated/α-hetero) is 1. The van der Waals surface area contributed by atoms with Crippen molar-refractivity contribution < 1.29 is 4.79 Å². The number of fused-ring (bicyclic) bond motifs is 1. The molecule has 2 nitrogen and oxygen atoms in total. The van der Waals surface area contributed by atoms with Crippen molar-refractivity contribution >= 4 is 62.1 Å². The summed E-state index contributed by atoms with van der Waals surface area (Å²) in [5.74, 6) is 0.857. The molecule has 2 aromatic carbocycles. The molecule has 24 heavy (non-hydrogen) atoms. The lowest BCUT2D eigenvalue weighted by molar-refractivity contribution is 0.107. The molecule has 1 aliphatic heterocycles. The standard InChI is InChI=1S/C18H16Cl3NOS/c1-2-22-12-24(17-6-4-3-5-15(17)22)11-16(23)13-7-9-14(10-8-13)18(19,20)21/h3-11H,2,12H2,1H3. The number of ketones is 1. The highest BCUT2D eigenvalue weighted by Gasteiger charge is 2.24. The van der Waals surface area contributed by atoms with E-state index in [0.717, 1.165) is 12.4 Å². The third-order valence-corrected chi connectivity index (χ3v) is 6.56. The summed E-state index contributed by atoms with van der Waals surface area (Å²) >= 11 is 17.6. The Morgan fingerprint density at radius 3 is 2.46 bits per heavy atom. The van der Waals surface area contributed by atoms with Crippen molar-refractivity contribution in [2.75, 3.05) is 17.3 Å². The minimum Gasteiger partial charge on any atom is -0.362 e. The molecule has 0 aliphatic carbocycles. The molecule has 2 aromatic rings. The lowest BCUT2D eigenvalue weighted by Gasteiger charge is -2.15. The monoisotopic (exact) mass is 399 g/mol. The van der Waals surface area contributed by atoms with Crippen LogP contribution in [0.3, 0.4) is 0 Å². The summed E-state index contributed by atoms with van der Waals surface area (Å²) in [6.07, 6.45) is 0. The minimum atomic E-state index is -1.47. The Morgan fingerprint density at radius 2 is 1.83 bits per heavy atom. The third-order valence-electron chi connectivity index (χ3n) is 3.91. The number of rotatable bonds is 3. The van der Waals surface area contributed by atoms with E-state index in [9.17, 15) is 4.79 Å². The third kappa shape index (κ3) is 3.65. The number of carbonyl (C=O) groups is 1. The predicted octanol–water partition coefficient (Wildman–Crippen LogP) is 5.62. The highest BCUT2D eigenvalue weighted by atomic mass is 35.6. The van der Waals surface area contributed by atoms with Crippen molar-refractivity contribution in [2.24, 2.45) is 0 Å². The van der Waals surface area contributed by atoms with E-state index in [1.54, 1.807) is 24.3 Å². The number of halogens is 3. The van der Waals surface area contributed by atoms with Gasteiger partial charge in [0.05, 0.1) is 11.6 Å². The van der Waals surface area contributed by atoms with Gasteiger partial charge in [-0.05, 0) is 19.1 Å². The number of nitrogens with zero attached hydrogens (tertiary/aromatic N) is 1. The second-order valence-corrected chi connectivity index (χ2v) is 9.51. The number of hydrogen-bond donors (Lipinski definition) is 0. The van der Waals surface area contributed by atoms with E-state index in [2.05, 4.69) is 24.0 Å². The van der Waals surface area contributed by atoms with E-state index >= 15 is 0 Å². The molecule has 1 aliphatic rings. The first-order valence-electron chi connectivity index (χ1n) is 7.50. The van der Waals surface area contributed by atoms with E-state index in [1.807, 2.05) is 17.5 Å². The van der Waals surface area contributed by atoms with Crippen LogP contribution >= 0.6 is 45.3 Å². The van der Waals surface area contributed by atoms with E-state index in [1.165, 1.54) is 10.6 Å². The van der Waals surface area contributed by atoms with Crippen LogP contribution in [-0.4, -0.2) is 23.6 Å². The second-order valence-electron chi connectivity index (χ2n) is 5.44. The highest BCUT2D eigenvalue weighted by molar-refractivity contribution is 8.16. The number of alkyl halides is 3. The average molecular weight is 401 g/mol. The fourth-order valence-corrected chi connectivity index (χ4v) is 5.12. The van der Waals surface area contributed by atoms with Gasteiger partial charge in [-0.3, -0.25) is 4.79 Å². The summed E-state index contributed by atoms with van der Waals surface area (Å²) in [4.78, 5) is 16.1. The molecule has 1 unspecified atom stereocenters. The first kappa shape index (κ1) is 17.8. The molecule has 0 N–H and O–H groups in total. The average Bonchev–Trinajstić information content (AvgIpc) is 2.92. The first-order valence-corrected chi connectivity index (χ1v) is 10.1. The molecule has 0 saturated carbocycles. The second kappa shape index (κ2) is 7.09. The molecule has 0 saturated heterocycles. The topological polar surface area (TPSA) is 20.3 Å². The Labute approximate surface area is 159 Å². The zero-order valence-electron chi connectivity index (χ0n) is 13.0. The summed E-state index contributed by atoms with van der Waals surface area (Å²) in [6, 6.07) is 15.0.